The van der Waals surface area contributed by atoms with Gasteiger partial charge in [0.1, 0.15) is 0 Å². The van der Waals surface area contributed by atoms with Crippen molar-refractivity contribution in [1.29, 1.82) is 0 Å². The molecule has 0 saturated heterocycles. The molecule has 1 unspecified atom stereocenters. The Hall–Kier alpha value is -1.62. The SMILES string of the molecule is COc1cc(C(=O)NCC(C)CCN)ccc1F. The van der Waals surface area contributed by atoms with Crippen LogP contribution in [-0.4, -0.2) is 26.1 Å². The standard InChI is InChI=1S/C13H19FN2O2/c1-9(5-6-15)8-16-13(17)10-3-4-11(14)12(7-10)18-2/h3-4,7,9H,5-6,8,15H2,1-2H3,(H,16,17). The Kier molecular flexibility index (Phi) is 5.58. The predicted octanol–water partition coefficient (Wildman–Crippen LogP) is 1.55. The van der Waals surface area contributed by atoms with Crippen LogP contribution in [0.4, 0.5) is 4.39 Å². The third-order valence-corrected chi connectivity index (χ3v) is 2.68. The second kappa shape index (κ2) is 6.96. The van der Waals surface area contributed by atoms with E-state index in [1.807, 2.05) is 6.92 Å². The van der Waals surface area contributed by atoms with E-state index in [4.69, 9.17) is 10.5 Å². The first-order valence-corrected chi connectivity index (χ1v) is 5.90. The summed E-state index contributed by atoms with van der Waals surface area (Å²) in [5.74, 6) is -0.332. The third kappa shape index (κ3) is 4.00. The molecule has 4 nitrogen and oxygen atoms in total. The van der Waals surface area contributed by atoms with Crippen molar-refractivity contribution in [3.05, 3.63) is 29.6 Å². The maximum Gasteiger partial charge on any atom is 0.251 e. The average molecular weight is 254 g/mol. The fourth-order valence-corrected chi connectivity index (χ4v) is 1.56. The Morgan fingerprint density at radius 2 is 2.28 bits per heavy atom. The second-order valence-electron chi connectivity index (χ2n) is 4.24. The first-order valence-electron chi connectivity index (χ1n) is 5.90. The molecule has 1 amide bonds. The maximum absolute atomic E-state index is 13.2. The number of methoxy groups -OCH3 is 1. The summed E-state index contributed by atoms with van der Waals surface area (Å²) in [6.45, 7) is 3.16. The van der Waals surface area contributed by atoms with Crippen LogP contribution in [0.15, 0.2) is 18.2 Å². The highest BCUT2D eigenvalue weighted by atomic mass is 19.1. The van der Waals surface area contributed by atoms with Gasteiger partial charge in [-0.25, -0.2) is 4.39 Å². The van der Waals surface area contributed by atoms with E-state index in [1.54, 1.807) is 0 Å². The second-order valence-corrected chi connectivity index (χ2v) is 4.24. The Balaban J connectivity index is 2.61. The molecule has 0 saturated carbocycles. The summed E-state index contributed by atoms with van der Waals surface area (Å²) in [4.78, 5) is 11.8. The Labute approximate surface area is 106 Å². The van der Waals surface area contributed by atoms with Crippen molar-refractivity contribution in [3.8, 4) is 5.75 Å². The minimum atomic E-state index is -0.481. The molecule has 0 aliphatic heterocycles. The highest BCUT2D eigenvalue weighted by Crippen LogP contribution is 2.18. The van der Waals surface area contributed by atoms with Crippen LogP contribution in [0.5, 0.6) is 5.75 Å². The van der Waals surface area contributed by atoms with Crippen LogP contribution in [0.2, 0.25) is 0 Å². The summed E-state index contributed by atoms with van der Waals surface area (Å²) in [5.41, 5.74) is 5.81. The van der Waals surface area contributed by atoms with E-state index < -0.39 is 5.82 Å². The number of amides is 1. The van der Waals surface area contributed by atoms with E-state index in [1.165, 1.54) is 25.3 Å². The molecule has 1 aromatic carbocycles. The fraction of sp³-hybridized carbons (Fsp3) is 0.462. The molecule has 18 heavy (non-hydrogen) atoms. The van der Waals surface area contributed by atoms with Crippen LogP contribution in [0.25, 0.3) is 0 Å². The van der Waals surface area contributed by atoms with Crippen LogP contribution in [0.1, 0.15) is 23.7 Å². The largest absolute Gasteiger partial charge is 0.494 e. The summed E-state index contributed by atoms with van der Waals surface area (Å²) in [6.07, 6.45) is 0.854. The molecule has 1 atom stereocenters. The van der Waals surface area contributed by atoms with Crippen molar-refractivity contribution in [2.45, 2.75) is 13.3 Å². The normalized spacial score (nSPS) is 12.0. The van der Waals surface area contributed by atoms with Gasteiger partial charge in [0.25, 0.3) is 5.91 Å². The zero-order chi connectivity index (χ0) is 13.5. The van der Waals surface area contributed by atoms with Gasteiger partial charge in [-0.15, -0.1) is 0 Å². The molecule has 5 heteroatoms. The van der Waals surface area contributed by atoms with Gasteiger partial charge < -0.3 is 15.8 Å². The van der Waals surface area contributed by atoms with Crippen LogP contribution < -0.4 is 15.8 Å². The molecule has 1 aromatic rings. The van der Waals surface area contributed by atoms with E-state index >= 15 is 0 Å². The van der Waals surface area contributed by atoms with Crippen molar-refractivity contribution < 1.29 is 13.9 Å². The maximum atomic E-state index is 13.2. The molecule has 1 rings (SSSR count). The summed E-state index contributed by atoms with van der Waals surface area (Å²) in [5, 5.41) is 2.78. The number of carbonyl (C=O) groups is 1. The fourth-order valence-electron chi connectivity index (χ4n) is 1.56. The average Bonchev–Trinajstić information content (AvgIpc) is 2.37. The number of benzene rings is 1. The lowest BCUT2D eigenvalue weighted by Crippen LogP contribution is -2.29. The van der Waals surface area contributed by atoms with E-state index in [0.717, 1.165) is 6.42 Å². The smallest absolute Gasteiger partial charge is 0.251 e. The predicted molar refractivity (Wildman–Crippen MR) is 68.1 cm³/mol. The summed E-state index contributed by atoms with van der Waals surface area (Å²) in [7, 11) is 1.36. The molecular formula is C13H19FN2O2. The van der Waals surface area contributed by atoms with Crippen LogP contribution in [0.3, 0.4) is 0 Å². The number of rotatable bonds is 6. The zero-order valence-corrected chi connectivity index (χ0v) is 10.7. The Bertz CT molecular complexity index is 410. The lowest BCUT2D eigenvalue weighted by Gasteiger charge is -2.12. The van der Waals surface area contributed by atoms with Crippen molar-refractivity contribution in [3.63, 3.8) is 0 Å². The molecule has 0 radical (unpaired) electrons. The van der Waals surface area contributed by atoms with Gasteiger partial charge >= 0.3 is 0 Å². The quantitative estimate of drug-likeness (QED) is 0.809. The molecule has 0 aliphatic carbocycles. The van der Waals surface area contributed by atoms with Crippen molar-refractivity contribution in [2.75, 3.05) is 20.2 Å². The van der Waals surface area contributed by atoms with Gasteiger partial charge in [0, 0.05) is 12.1 Å². The molecule has 0 aromatic heterocycles. The van der Waals surface area contributed by atoms with Gasteiger partial charge in [0.05, 0.1) is 7.11 Å². The van der Waals surface area contributed by atoms with Crippen LogP contribution in [0, 0.1) is 11.7 Å². The molecule has 0 fully saturated rings. The first kappa shape index (κ1) is 14.4. The minimum absolute atomic E-state index is 0.0673. The van der Waals surface area contributed by atoms with Gasteiger partial charge in [-0.05, 0) is 37.1 Å². The Morgan fingerprint density at radius 3 is 2.89 bits per heavy atom. The highest BCUT2D eigenvalue weighted by Gasteiger charge is 2.10. The molecular weight excluding hydrogens is 235 g/mol. The van der Waals surface area contributed by atoms with Gasteiger partial charge in [0.2, 0.25) is 0 Å². The van der Waals surface area contributed by atoms with Gasteiger partial charge in [-0.1, -0.05) is 6.92 Å². The Morgan fingerprint density at radius 1 is 1.56 bits per heavy atom. The van der Waals surface area contributed by atoms with Gasteiger partial charge in [0.15, 0.2) is 11.6 Å². The summed E-state index contributed by atoms with van der Waals surface area (Å²) >= 11 is 0. The third-order valence-electron chi connectivity index (χ3n) is 2.68. The number of halogens is 1. The lowest BCUT2D eigenvalue weighted by atomic mass is 10.1. The molecule has 0 bridgehead atoms. The van der Waals surface area contributed by atoms with Crippen molar-refractivity contribution in [1.82, 2.24) is 5.32 Å². The zero-order valence-electron chi connectivity index (χ0n) is 10.7. The van der Waals surface area contributed by atoms with Crippen LogP contribution >= 0.6 is 0 Å². The molecule has 0 spiro atoms. The molecule has 100 valence electrons. The topological polar surface area (TPSA) is 64.3 Å². The van der Waals surface area contributed by atoms with Gasteiger partial charge in [-0.2, -0.15) is 0 Å². The minimum Gasteiger partial charge on any atom is -0.494 e. The van der Waals surface area contributed by atoms with E-state index in [9.17, 15) is 9.18 Å². The number of nitrogens with two attached hydrogens (primary N) is 1. The lowest BCUT2D eigenvalue weighted by molar-refractivity contribution is 0.0947. The number of hydrogen-bond donors (Lipinski definition) is 2. The monoisotopic (exact) mass is 254 g/mol. The van der Waals surface area contributed by atoms with Crippen LogP contribution in [-0.2, 0) is 0 Å². The first-order chi connectivity index (χ1) is 8.58. The van der Waals surface area contributed by atoms with E-state index in [0.29, 0.717) is 24.6 Å². The van der Waals surface area contributed by atoms with E-state index in [2.05, 4.69) is 5.32 Å². The summed E-state index contributed by atoms with van der Waals surface area (Å²) in [6, 6.07) is 4.04. The number of nitrogens with one attached hydrogen (secondary N) is 1. The molecule has 3 N–H and O–H groups in total. The van der Waals surface area contributed by atoms with Crippen molar-refractivity contribution >= 4 is 5.91 Å². The number of ether oxygens (including phenoxy) is 1. The molecule has 0 aliphatic rings. The number of hydrogen-bond acceptors (Lipinski definition) is 3. The molecule has 0 heterocycles. The highest BCUT2D eigenvalue weighted by molar-refractivity contribution is 5.94. The van der Waals surface area contributed by atoms with Crippen molar-refractivity contribution in [2.24, 2.45) is 11.7 Å². The number of carbonyl (C=O) groups excluding carboxylic acids is 1. The van der Waals surface area contributed by atoms with E-state index in [-0.39, 0.29) is 11.7 Å². The summed E-state index contributed by atoms with van der Waals surface area (Å²) < 4.78 is 18.0. The van der Waals surface area contributed by atoms with Gasteiger partial charge in [-0.3, -0.25) is 4.79 Å².